The van der Waals surface area contributed by atoms with Crippen LogP contribution < -0.4 is 4.57 Å². The van der Waals surface area contributed by atoms with E-state index in [-0.39, 0.29) is 5.54 Å². The lowest BCUT2D eigenvalue weighted by Crippen LogP contribution is -2.55. The van der Waals surface area contributed by atoms with E-state index in [1.807, 2.05) is 60.7 Å². The summed E-state index contributed by atoms with van der Waals surface area (Å²) in [5, 5.41) is 0. The highest BCUT2D eigenvalue weighted by molar-refractivity contribution is 5.78. The summed E-state index contributed by atoms with van der Waals surface area (Å²) in [6.45, 7) is 4.53. The van der Waals surface area contributed by atoms with Gasteiger partial charge in [0.25, 0.3) is 0 Å². The molecule has 3 heterocycles. The predicted octanol–water partition coefficient (Wildman–Crippen LogP) is 7.37. The Bertz CT molecular complexity index is 1530. The second kappa shape index (κ2) is 9.55. The molecule has 6 rings (SSSR count). The Morgan fingerprint density at radius 1 is 0.622 bits per heavy atom. The molecule has 4 nitrogen and oxygen atoms in total. The van der Waals surface area contributed by atoms with Crippen molar-refractivity contribution in [3.8, 4) is 45.4 Å². The number of allylic oxidation sites excluding steroid dienone is 1. The highest BCUT2D eigenvalue weighted by Crippen LogP contribution is 2.35. The first-order valence-electron chi connectivity index (χ1n) is 12.9. The minimum absolute atomic E-state index is 0.0517. The molecule has 0 saturated carbocycles. The third kappa shape index (κ3) is 4.15. The van der Waals surface area contributed by atoms with Crippen LogP contribution in [0.25, 0.3) is 51.5 Å². The molecule has 0 saturated heterocycles. The van der Waals surface area contributed by atoms with Crippen LogP contribution in [0.2, 0.25) is 0 Å². The Kier molecular flexibility index (Phi) is 5.93. The summed E-state index contributed by atoms with van der Waals surface area (Å²) in [5.41, 5.74) is 6.45. The Labute approximate surface area is 218 Å². The zero-order valence-corrected chi connectivity index (χ0v) is 21.2. The predicted molar refractivity (Wildman–Crippen MR) is 149 cm³/mol. The van der Waals surface area contributed by atoms with E-state index in [0.717, 1.165) is 29.5 Å². The van der Waals surface area contributed by atoms with Crippen molar-refractivity contribution in [3.63, 3.8) is 0 Å². The van der Waals surface area contributed by atoms with Crippen molar-refractivity contribution in [1.82, 2.24) is 15.0 Å². The summed E-state index contributed by atoms with van der Waals surface area (Å²) < 4.78 is 2.43. The van der Waals surface area contributed by atoms with Gasteiger partial charge in [0.2, 0.25) is 5.69 Å². The van der Waals surface area contributed by atoms with Crippen molar-refractivity contribution >= 4 is 6.08 Å². The number of benzene rings is 3. The highest BCUT2D eigenvalue weighted by atomic mass is 15.1. The van der Waals surface area contributed by atoms with Crippen LogP contribution in [0.1, 0.15) is 32.3 Å². The average molecular weight is 482 g/mol. The monoisotopic (exact) mass is 481 g/mol. The maximum Gasteiger partial charge on any atom is 0.213 e. The molecule has 0 amide bonds. The van der Waals surface area contributed by atoms with Crippen LogP contribution in [0.5, 0.6) is 0 Å². The first-order chi connectivity index (χ1) is 18.2. The highest BCUT2D eigenvalue weighted by Gasteiger charge is 2.38. The molecular weight excluding hydrogens is 452 g/mol. The van der Waals surface area contributed by atoms with Gasteiger partial charge in [-0.1, -0.05) is 92.7 Å². The second-order valence-electron chi connectivity index (χ2n) is 9.44. The molecule has 0 atom stereocenters. The van der Waals surface area contributed by atoms with Crippen LogP contribution in [0.3, 0.4) is 0 Å². The minimum Gasteiger partial charge on any atom is -0.208 e. The van der Waals surface area contributed by atoms with Crippen LogP contribution >= 0.6 is 0 Å². The number of rotatable bonds is 5. The molecule has 180 valence electrons. The van der Waals surface area contributed by atoms with Crippen LogP contribution in [0, 0.1) is 0 Å². The van der Waals surface area contributed by atoms with Gasteiger partial charge in [0.15, 0.2) is 29.2 Å². The fourth-order valence-corrected chi connectivity index (χ4v) is 5.20. The van der Waals surface area contributed by atoms with Gasteiger partial charge in [-0.3, -0.25) is 0 Å². The molecule has 1 aliphatic heterocycles. The number of pyridine rings is 1. The van der Waals surface area contributed by atoms with E-state index in [9.17, 15) is 0 Å². The second-order valence-corrected chi connectivity index (χ2v) is 9.44. The van der Waals surface area contributed by atoms with E-state index in [2.05, 4.69) is 73.2 Å². The Morgan fingerprint density at radius 3 is 1.78 bits per heavy atom. The van der Waals surface area contributed by atoms with E-state index >= 15 is 0 Å². The van der Waals surface area contributed by atoms with E-state index in [4.69, 9.17) is 15.0 Å². The molecule has 0 unspecified atom stereocenters. The zero-order valence-electron chi connectivity index (χ0n) is 21.2. The van der Waals surface area contributed by atoms with E-state index in [1.54, 1.807) is 0 Å². The van der Waals surface area contributed by atoms with Gasteiger partial charge < -0.3 is 0 Å². The SMILES string of the molecule is CCC1(CC)C=Cc2ccc(-c3nc(-c4ccccc4)nc(-c4ccccc4)n3)cc2-c2cccc[n+]21. The molecule has 4 heteroatoms. The standard InChI is InChI=1S/C33H29N4/c1-3-33(4-2)21-20-24-18-19-27(23-28(24)29-17-11-12-22-37(29)33)32-35-30(25-13-7-5-8-14-25)34-31(36-32)26-15-9-6-10-16-26/h5-23H,3-4H2,1-2H3/q+1. The molecule has 0 bridgehead atoms. The molecule has 0 spiro atoms. The lowest BCUT2D eigenvalue weighted by Gasteiger charge is -2.23. The van der Waals surface area contributed by atoms with E-state index < -0.39 is 0 Å². The first kappa shape index (κ1) is 23.0. The summed E-state index contributed by atoms with van der Waals surface area (Å²) in [5.74, 6) is 2.01. The number of hydrogen-bond donors (Lipinski definition) is 0. The molecule has 0 aliphatic carbocycles. The summed E-state index contributed by atoms with van der Waals surface area (Å²) in [6, 6.07) is 33.2. The largest absolute Gasteiger partial charge is 0.213 e. The van der Waals surface area contributed by atoms with Gasteiger partial charge in [-0.25, -0.2) is 15.0 Å². The Hall–Kier alpha value is -4.44. The molecule has 0 fully saturated rings. The van der Waals surface area contributed by atoms with Gasteiger partial charge in [0.05, 0.1) is 5.56 Å². The maximum atomic E-state index is 4.94. The van der Waals surface area contributed by atoms with Crippen LogP contribution in [-0.2, 0) is 5.54 Å². The van der Waals surface area contributed by atoms with Gasteiger partial charge in [-0.2, -0.15) is 4.57 Å². The molecule has 2 aromatic heterocycles. The van der Waals surface area contributed by atoms with Gasteiger partial charge in [0, 0.05) is 41.7 Å². The molecule has 37 heavy (non-hydrogen) atoms. The summed E-state index contributed by atoms with van der Waals surface area (Å²) in [4.78, 5) is 14.7. The third-order valence-corrected chi connectivity index (χ3v) is 7.42. The first-order valence-corrected chi connectivity index (χ1v) is 12.9. The van der Waals surface area contributed by atoms with E-state index in [0.29, 0.717) is 17.5 Å². The van der Waals surface area contributed by atoms with Crippen molar-refractivity contribution in [3.05, 3.63) is 115 Å². The lowest BCUT2D eigenvalue weighted by molar-refractivity contribution is -0.743. The summed E-state index contributed by atoms with van der Waals surface area (Å²) >= 11 is 0. The average Bonchev–Trinajstić information content (AvgIpc) is 3.12. The number of nitrogens with zero attached hydrogens (tertiary/aromatic N) is 4. The third-order valence-electron chi connectivity index (χ3n) is 7.42. The van der Waals surface area contributed by atoms with Gasteiger partial charge >= 0.3 is 0 Å². The Balaban J connectivity index is 1.55. The van der Waals surface area contributed by atoms with Crippen LogP contribution in [0.15, 0.2) is 109 Å². The number of aromatic nitrogens is 4. The molecular formula is C33H29N4+. The topological polar surface area (TPSA) is 42.6 Å². The van der Waals surface area contributed by atoms with Crippen molar-refractivity contribution in [2.45, 2.75) is 32.2 Å². The molecule has 0 N–H and O–H groups in total. The van der Waals surface area contributed by atoms with Crippen LogP contribution in [-0.4, -0.2) is 15.0 Å². The number of fused-ring (bicyclic) bond motifs is 3. The van der Waals surface area contributed by atoms with E-state index in [1.165, 1.54) is 16.8 Å². The molecule has 3 aromatic carbocycles. The minimum atomic E-state index is -0.0517. The van der Waals surface area contributed by atoms with Gasteiger partial charge in [-0.05, 0) is 23.8 Å². The summed E-state index contributed by atoms with van der Waals surface area (Å²) in [7, 11) is 0. The fraction of sp³-hybridized carbons (Fsp3) is 0.152. The lowest BCUT2D eigenvalue weighted by atomic mass is 9.91. The zero-order chi connectivity index (χ0) is 25.2. The van der Waals surface area contributed by atoms with Gasteiger partial charge in [-0.15, -0.1) is 0 Å². The van der Waals surface area contributed by atoms with Crippen molar-refractivity contribution < 1.29 is 4.57 Å². The van der Waals surface area contributed by atoms with Crippen LogP contribution in [0.4, 0.5) is 0 Å². The van der Waals surface area contributed by atoms with Crippen molar-refractivity contribution in [2.24, 2.45) is 0 Å². The molecule has 0 radical (unpaired) electrons. The molecule has 1 aliphatic rings. The summed E-state index contributed by atoms with van der Waals surface area (Å²) in [6.07, 6.45) is 8.90. The maximum absolute atomic E-state index is 4.94. The quantitative estimate of drug-likeness (QED) is 0.246. The molecule has 5 aromatic rings. The van der Waals surface area contributed by atoms with Gasteiger partial charge in [0.1, 0.15) is 0 Å². The fourth-order valence-electron chi connectivity index (χ4n) is 5.20. The van der Waals surface area contributed by atoms with Crippen molar-refractivity contribution in [2.75, 3.05) is 0 Å². The smallest absolute Gasteiger partial charge is 0.208 e. The number of hydrogen-bond acceptors (Lipinski definition) is 3. The van der Waals surface area contributed by atoms with Crippen molar-refractivity contribution in [1.29, 1.82) is 0 Å². The normalized spacial score (nSPS) is 13.5. The Morgan fingerprint density at radius 2 is 1.19 bits per heavy atom.